The minimum absolute atomic E-state index is 0.513. The molecular formula is C13H20O2. The Kier molecular flexibility index (Phi) is 4.30. The number of hydrogen-bond donors (Lipinski definition) is 2. The molecular weight excluding hydrogens is 188 g/mol. The molecule has 2 N–H and O–H groups in total. The SMILES string of the molecule is CCC(O)(CC)[C@H](O)Cc1ccccc1. The van der Waals surface area contributed by atoms with Gasteiger partial charge in [0.2, 0.25) is 0 Å². The first-order valence-corrected chi connectivity index (χ1v) is 5.56. The lowest BCUT2D eigenvalue weighted by Gasteiger charge is -2.31. The molecule has 2 heteroatoms. The van der Waals surface area contributed by atoms with Gasteiger partial charge in [-0.2, -0.15) is 0 Å². The largest absolute Gasteiger partial charge is 0.390 e. The van der Waals surface area contributed by atoms with Crippen molar-refractivity contribution in [1.29, 1.82) is 0 Å². The van der Waals surface area contributed by atoms with Gasteiger partial charge in [-0.25, -0.2) is 0 Å². The first-order chi connectivity index (χ1) is 7.12. The summed E-state index contributed by atoms with van der Waals surface area (Å²) >= 11 is 0. The molecule has 0 saturated heterocycles. The smallest absolute Gasteiger partial charge is 0.0903 e. The Hall–Kier alpha value is -0.860. The van der Waals surface area contributed by atoms with Crippen molar-refractivity contribution >= 4 is 0 Å². The van der Waals surface area contributed by atoms with Crippen molar-refractivity contribution in [2.45, 2.75) is 44.8 Å². The molecule has 1 aromatic carbocycles. The van der Waals surface area contributed by atoms with Crippen molar-refractivity contribution in [2.75, 3.05) is 0 Å². The highest BCUT2D eigenvalue weighted by Crippen LogP contribution is 2.22. The van der Waals surface area contributed by atoms with Gasteiger partial charge in [0, 0.05) is 6.42 Å². The van der Waals surface area contributed by atoms with Crippen LogP contribution in [0.3, 0.4) is 0 Å². The second-order valence-electron chi connectivity index (χ2n) is 4.02. The van der Waals surface area contributed by atoms with E-state index in [9.17, 15) is 10.2 Å². The minimum atomic E-state index is -0.949. The number of hydrogen-bond acceptors (Lipinski definition) is 2. The fourth-order valence-corrected chi connectivity index (χ4v) is 1.75. The predicted molar refractivity (Wildman–Crippen MR) is 61.7 cm³/mol. The van der Waals surface area contributed by atoms with Crippen LogP contribution >= 0.6 is 0 Å². The highest BCUT2D eigenvalue weighted by atomic mass is 16.3. The van der Waals surface area contributed by atoms with Crippen molar-refractivity contribution in [3.63, 3.8) is 0 Å². The summed E-state index contributed by atoms with van der Waals surface area (Å²) in [7, 11) is 0. The highest BCUT2D eigenvalue weighted by Gasteiger charge is 2.31. The standard InChI is InChI=1S/C13H20O2/c1-3-13(15,4-2)12(14)10-11-8-6-5-7-9-11/h5-9,12,14-15H,3-4,10H2,1-2H3/t12-/m1/s1. The lowest BCUT2D eigenvalue weighted by molar-refractivity contribution is -0.0790. The molecule has 84 valence electrons. The summed E-state index contributed by atoms with van der Waals surface area (Å²) in [6.45, 7) is 3.80. The van der Waals surface area contributed by atoms with Crippen molar-refractivity contribution < 1.29 is 10.2 Å². The van der Waals surface area contributed by atoms with E-state index in [0.717, 1.165) is 5.56 Å². The third-order valence-corrected chi connectivity index (χ3v) is 3.12. The van der Waals surface area contributed by atoms with E-state index in [1.807, 2.05) is 44.2 Å². The average Bonchev–Trinajstić information content (AvgIpc) is 2.29. The molecule has 0 spiro atoms. The lowest BCUT2D eigenvalue weighted by Crippen LogP contribution is -2.42. The van der Waals surface area contributed by atoms with E-state index in [1.54, 1.807) is 0 Å². The first kappa shape index (κ1) is 12.2. The summed E-state index contributed by atoms with van der Waals surface area (Å²) < 4.78 is 0. The second-order valence-corrected chi connectivity index (χ2v) is 4.02. The van der Waals surface area contributed by atoms with Crippen LogP contribution < -0.4 is 0 Å². The van der Waals surface area contributed by atoms with Gasteiger partial charge in [0.1, 0.15) is 0 Å². The molecule has 1 rings (SSSR count). The van der Waals surface area contributed by atoms with E-state index >= 15 is 0 Å². The van der Waals surface area contributed by atoms with Crippen molar-refractivity contribution in [3.8, 4) is 0 Å². The van der Waals surface area contributed by atoms with E-state index in [0.29, 0.717) is 19.3 Å². The normalized spacial score (nSPS) is 13.9. The van der Waals surface area contributed by atoms with Crippen LogP contribution in [0.25, 0.3) is 0 Å². The summed E-state index contributed by atoms with van der Waals surface area (Å²) in [6, 6.07) is 9.77. The number of benzene rings is 1. The first-order valence-electron chi connectivity index (χ1n) is 5.56. The van der Waals surface area contributed by atoms with Crippen LogP contribution in [-0.4, -0.2) is 21.9 Å². The molecule has 0 radical (unpaired) electrons. The molecule has 0 bridgehead atoms. The molecule has 0 aromatic heterocycles. The minimum Gasteiger partial charge on any atom is -0.390 e. The molecule has 0 aliphatic heterocycles. The fraction of sp³-hybridized carbons (Fsp3) is 0.538. The Morgan fingerprint density at radius 1 is 1.13 bits per heavy atom. The average molecular weight is 208 g/mol. The molecule has 1 atom stereocenters. The van der Waals surface area contributed by atoms with E-state index in [-0.39, 0.29) is 0 Å². The molecule has 0 amide bonds. The summed E-state index contributed by atoms with van der Waals surface area (Å²) in [5.41, 5.74) is 0.112. The van der Waals surface area contributed by atoms with E-state index in [4.69, 9.17) is 0 Å². The third kappa shape index (κ3) is 3.05. The maximum absolute atomic E-state index is 10.1. The fourth-order valence-electron chi connectivity index (χ4n) is 1.75. The van der Waals surface area contributed by atoms with Gasteiger partial charge in [0.05, 0.1) is 11.7 Å². The Bertz CT molecular complexity index is 278. The van der Waals surface area contributed by atoms with E-state index < -0.39 is 11.7 Å². The zero-order valence-corrected chi connectivity index (χ0v) is 9.48. The third-order valence-electron chi connectivity index (χ3n) is 3.12. The van der Waals surface area contributed by atoms with Crippen molar-refractivity contribution in [2.24, 2.45) is 0 Å². The summed E-state index contributed by atoms with van der Waals surface area (Å²) in [4.78, 5) is 0. The predicted octanol–water partition coefficient (Wildman–Crippen LogP) is 2.14. The molecule has 2 nitrogen and oxygen atoms in total. The quantitative estimate of drug-likeness (QED) is 0.778. The maximum Gasteiger partial charge on any atom is 0.0903 e. The topological polar surface area (TPSA) is 40.5 Å². The van der Waals surface area contributed by atoms with Crippen LogP contribution in [0.2, 0.25) is 0 Å². The summed E-state index contributed by atoms with van der Waals surface area (Å²) in [5, 5.41) is 20.1. The van der Waals surface area contributed by atoms with Crippen LogP contribution in [0.1, 0.15) is 32.3 Å². The van der Waals surface area contributed by atoms with Gasteiger partial charge in [-0.1, -0.05) is 44.2 Å². The van der Waals surface area contributed by atoms with Crippen LogP contribution in [-0.2, 0) is 6.42 Å². The molecule has 0 unspecified atom stereocenters. The molecule has 0 aliphatic carbocycles. The van der Waals surface area contributed by atoms with Gasteiger partial charge in [0.25, 0.3) is 0 Å². The zero-order valence-electron chi connectivity index (χ0n) is 9.48. The van der Waals surface area contributed by atoms with Crippen LogP contribution in [0.15, 0.2) is 30.3 Å². The molecule has 1 aromatic rings. The van der Waals surface area contributed by atoms with Gasteiger partial charge in [-0.15, -0.1) is 0 Å². The van der Waals surface area contributed by atoms with Crippen molar-refractivity contribution in [1.82, 2.24) is 0 Å². The molecule has 0 heterocycles. The Labute approximate surface area is 91.6 Å². The number of rotatable bonds is 5. The molecule has 0 aliphatic rings. The van der Waals surface area contributed by atoms with Crippen molar-refractivity contribution in [3.05, 3.63) is 35.9 Å². The van der Waals surface area contributed by atoms with Gasteiger partial charge >= 0.3 is 0 Å². The van der Waals surface area contributed by atoms with Crippen LogP contribution in [0.5, 0.6) is 0 Å². The molecule has 15 heavy (non-hydrogen) atoms. The van der Waals surface area contributed by atoms with Gasteiger partial charge < -0.3 is 10.2 Å². The molecule has 0 saturated carbocycles. The van der Waals surface area contributed by atoms with Gasteiger partial charge in [-0.05, 0) is 18.4 Å². The van der Waals surface area contributed by atoms with Gasteiger partial charge in [-0.3, -0.25) is 0 Å². The zero-order chi connectivity index (χ0) is 11.3. The summed E-state index contributed by atoms with van der Waals surface area (Å²) in [6.07, 6.45) is 0.989. The Morgan fingerprint density at radius 3 is 2.13 bits per heavy atom. The Balaban J connectivity index is 2.66. The monoisotopic (exact) mass is 208 g/mol. The van der Waals surface area contributed by atoms with Crippen LogP contribution in [0, 0.1) is 0 Å². The lowest BCUT2D eigenvalue weighted by atomic mass is 9.87. The van der Waals surface area contributed by atoms with E-state index in [2.05, 4.69) is 0 Å². The van der Waals surface area contributed by atoms with Crippen LogP contribution in [0.4, 0.5) is 0 Å². The number of aliphatic hydroxyl groups excluding tert-OH is 1. The summed E-state index contributed by atoms with van der Waals surface area (Å²) in [5.74, 6) is 0. The van der Waals surface area contributed by atoms with E-state index in [1.165, 1.54) is 0 Å². The van der Waals surface area contributed by atoms with Gasteiger partial charge in [0.15, 0.2) is 0 Å². The second kappa shape index (κ2) is 5.29. The molecule has 0 fully saturated rings. The maximum atomic E-state index is 10.1. The highest BCUT2D eigenvalue weighted by molar-refractivity contribution is 5.16. The Morgan fingerprint density at radius 2 is 1.67 bits per heavy atom. The number of aliphatic hydroxyl groups is 2.